The van der Waals surface area contributed by atoms with Crippen LogP contribution in [0.1, 0.15) is 33.1 Å². The van der Waals surface area contributed by atoms with Gasteiger partial charge in [0.05, 0.1) is 26.4 Å². The molecule has 2 heterocycles. The molecule has 1 saturated carbocycles. The Balaban J connectivity index is 1.59. The molecule has 2 saturated heterocycles. The molecule has 0 aromatic rings. The van der Waals surface area contributed by atoms with Crippen molar-refractivity contribution in [1.29, 1.82) is 0 Å². The van der Waals surface area contributed by atoms with E-state index in [0.29, 0.717) is 10.8 Å². The van der Waals surface area contributed by atoms with Crippen molar-refractivity contribution in [3.63, 3.8) is 0 Å². The van der Waals surface area contributed by atoms with Crippen LogP contribution in [0.25, 0.3) is 0 Å². The van der Waals surface area contributed by atoms with E-state index in [-0.39, 0.29) is 0 Å². The van der Waals surface area contributed by atoms with Crippen LogP contribution in [0.3, 0.4) is 0 Å². The van der Waals surface area contributed by atoms with Crippen LogP contribution in [-0.2, 0) is 9.47 Å². The lowest BCUT2D eigenvalue weighted by Gasteiger charge is -2.50. The van der Waals surface area contributed by atoms with Gasteiger partial charge in [0.1, 0.15) is 0 Å². The minimum atomic E-state index is 0.413. The summed E-state index contributed by atoms with van der Waals surface area (Å²) < 4.78 is 10.8. The highest BCUT2D eigenvalue weighted by atomic mass is 16.5. The summed E-state index contributed by atoms with van der Waals surface area (Å²) in [6.45, 7) is 10.9. The maximum atomic E-state index is 5.39. The lowest BCUT2D eigenvalue weighted by Crippen LogP contribution is -2.58. The van der Waals surface area contributed by atoms with E-state index in [4.69, 9.17) is 9.47 Å². The predicted molar refractivity (Wildman–Crippen MR) is 67.1 cm³/mol. The Morgan fingerprint density at radius 2 is 1.41 bits per heavy atom. The molecule has 0 N–H and O–H groups in total. The third-order valence-electron chi connectivity index (χ3n) is 4.56. The monoisotopic (exact) mass is 239 g/mol. The molecule has 1 aliphatic carbocycles. The molecule has 3 nitrogen and oxygen atoms in total. The molecule has 3 fully saturated rings. The Labute approximate surface area is 104 Å². The average molecular weight is 239 g/mol. The van der Waals surface area contributed by atoms with Crippen molar-refractivity contribution in [1.82, 2.24) is 4.90 Å². The molecule has 0 radical (unpaired) electrons. The van der Waals surface area contributed by atoms with E-state index < -0.39 is 0 Å². The number of nitrogens with zero attached hydrogens (tertiary/aromatic N) is 1. The molecule has 0 atom stereocenters. The molecule has 3 aliphatic rings. The van der Waals surface area contributed by atoms with E-state index >= 15 is 0 Å². The van der Waals surface area contributed by atoms with Crippen molar-refractivity contribution in [2.24, 2.45) is 10.8 Å². The van der Waals surface area contributed by atoms with Crippen LogP contribution in [0.4, 0.5) is 0 Å². The fourth-order valence-corrected chi connectivity index (χ4v) is 3.13. The van der Waals surface area contributed by atoms with E-state index in [1.165, 1.54) is 32.4 Å². The zero-order chi connectivity index (χ0) is 11.9. The Kier molecular flexibility index (Phi) is 2.96. The third kappa shape index (κ3) is 2.38. The van der Waals surface area contributed by atoms with Gasteiger partial charge in [-0.3, -0.25) is 4.90 Å². The summed E-state index contributed by atoms with van der Waals surface area (Å²) in [5, 5.41) is 0. The summed E-state index contributed by atoms with van der Waals surface area (Å²) >= 11 is 0. The van der Waals surface area contributed by atoms with Gasteiger partial charge in [0.2, 0.25) is 0 Å². The molecule has 0 aromatic carbocycles. The third-order valence-corrected chi connectivity index (χ3v) is 4.56. The first kappa shape index (κ1) is 11.9. The fraction of sp³-hybridized carbons (Fsp3) is 1.00. The van der Waals surface area contributed by atoms with Gasteiger partial charge in [0, 0.05) is 30.0 Å². The summed E-state index contributed by atoms with van der Waals surface area (Å²) in [6.07, 6.45) is 4.21. The van der Waals surface area contributed by atoms with Gasteiger partial charge >= 0.3 is 0 Å². The highest BCUT2D eigenvalue weighted by molar-refractivity contribution is 4.93. The van der Waals surface area contributed by atoms with Crippen LogP contribution in [0.5, 0.6) is 0 Å². The average Bonchev–Trinajstić information content (AvgIpc) is 2.10. The molecule has 3 rings (SSSR count). The molecule has 17 heavy (non-hydrogen) atoms. The van der Waals surface area contributed by atoms with E-state index in [1.807, 2.05) is 0 Å². The van der Waals surface area contributed by atoms with Gasteiger partial charge in [0.15, 0.2) is 0 Å². The van der Waals surface area contributed by atoms with Crippen LogP contribution >= 0.6 is 0 Å². The van der Waals surface area contributed by atoms with Gasteiger partial charge in [-0.25, -0.2) is 0 Å². The van der Waals surface area contributed by atoms with Gasteiger partial charge in [-0.1, -0.05) is 20.3 Å². The smallest absolute Gasteiger partial charge is 0.0554 e. The first-order chi connectivity index (χ1) is 8.09. The van der Waals surface area contributed by atoms with Gasteiger partial charge < -0.3 is 9.47 Å². The van der Waals surface area contributed by atoms with Gasteiger partial charge in [-0.15, -0.1) is 0 Å². The summed E-state index contributed by atoms with van der Waals surface area (Å²) in [7, 11) is 0. The second-order valence-corrected chi connectivity index (χ2v) is 7.10. The number of hydrogen-bond donors (Lipinski definition) is 0. The second kappa shape index (κ2) is 4.22. The Morgan fingerprint density at radius 3 is 1.65 bits per heavy atom. The highest BCUT2D eigenvalue weighted by Gasteiger charge is 2.42. The first-order valence-electron chi connectivity index (χ1n) is 6.98. The molecule has 3 heteroatoms. The molecule has 0 unspecified atom stereocenters. The van der Waals surface area contributed by atoms with E-state index in [0.717, 1.165) is 32.5 Å². The summed E-state index contributed by atoms with van der Waals surface area (Å²) in [6, 6.07) is 0.838. The maximum Gasteiger partial charge on any atom is 0.0554 e. The molecule has 98 valence electrons. The number of ether oxygens (including phenoxy) is 2. The molecular formula is C14H25NO2. The van der Waals surface area contributed by atoms with Crippen molar-refractivity contribution >= 4 is 0 Å². The van der Waals surface area contributed by atoms with E-state index in [2.05, 4.69) is 18.7 Å². The molecular weight excluding hydrogens is 214 g/mol. The van der Waals surface area contributed by atoms with Crippen molar-refractivity contribution in [2.75, 3.05) is 39.5 Å². The van der Waals surface area contributed by atoms with Crippen molar-refractivity contribution in [3.8, 4) is 0 Å². The minimum Gasteiger partial charge on any atom is -0.380 e. The topological polar surface area (TPSA) is 21.7 Å². The van der Waals surface area contributed by atoms with Crippen LogP contribution in [0.2, 0.25) is 0 Å². The Bertz CT molecular complexity index is 258. The molecule has 0 amide bonds. The predicted octanol–water partition coefficient (Wildman–Crippen LogP) is 1.91. The number of hydrogen-bond acceptors (Lipinski definition) is 3. The fourth-order valence-electron chi connectivity index (χ4n) is 3.13. The highest BCUT2D eigenvalue weighted by Crippen LogP contribution is 2.36. The summed E-state index contributed by atoms with van der Waals surface area (Å²) in [5.41, 5.74) is 0.826. The lowest BCUT2D eigenvalue weighted by atomic mass is 9.81. The van der Waals surface area contributed by atoms with Gasteiger partial charge in [-0.2, -0.15) is 0 Å². The van der Waals surface area contributed by atoms with E-state index in [9.17, 15) is 0 Å². The largest absolute Gasteiger partial charge is 0.380 e. The Morgan fingerprint density at radius 1 is 0.941 bits per heavy atom. The van der Waals surface area contributed by atoms with Crippen LogP contribution < -0.4 is 0 Å². The quantitative estimate of drug-likeness (QED) is 0.731. The lowest BCUT2D eigenvalue weighted by molar-refractivity contribution is -0.151. The number of rotatable bonds is 5. The van der Waals surface area contributed by atoms with Crippen molar-refractivity contribution < 1.29 is 9.47 Å². The second-order valence-electron chi connectivity index (χ2n) is 7.10. The maximum absolute atomic E-state index is 5.39. The standard InChI is InChI=1S/C14H25NO2/c1-13(8-16-9-13)6-15(12-4-3-5-12)7-14(2)10-17-11-14/h12H,3-11H2,1-2H3. The molecule has 0 bridgehead atoms. The minimum absolute atomic E-state index is 0.413. The zero-order valence-electron chi connectivity index (χ0n) is 11.2. The first-order valence-corrected chi connectivity index (χ1v) is 6.98. The van der Waals surface area contributed by atoms with Crippen LogP contribution in [0.15, 0.2) is 0 Å². The van der Waals surface area contributed by atoms with Crippen molar-refractivity contribution in [2.45, 2.75) is 39.2 Å². The molecule has 2 aliphatic heterocycles. The SMILES string of the molecule is CC1(CN(CC2(C)COC2)C2CCC2)COC1. The van der Waals surface area contributed by atoms with Crippen LogP contribution in [-0.4, -0.2) is 50.5 Å². The van der Waals surface area contributed by atoms with E-state index in [1.54, 1.807) is 0 Å². The zero-order valence-corrected chi connectivity index (χ0v) is 11.2. The van der Waals surface area contributed by atoms with Gasteiger partial charge in [-0.05, 0) is 12.8 Å². The van der Waals surface area contributed by atoms with Crippen LogP contribution in [0, 0.1) is 10.8 Å². The molecule has 0 aromatic heterocycles. The Hall–Kier alpha value is -0.120. The summed E-state index contributed by atoms with van der Waals surface area (Å²) in [5.74, 6) is 0. The molecule has 0 spiro atoms. The van der Waals surface area contributed by atoms with Gasteiger partial charge in [0.25, 0.3) is 0 Å². The normalized spacial score (nSPS) is 30.5. The van der Waals surface area contributed by atoms with Crippen molar-refractivity contribution in [3.05, 3.63) is 0 Å². The summed E-state index contributed by atoms with van der Waals surface area (Å²) in [4.78, 5) is 2.73.